The third-order valence-corrected chi connectivity index (χ3v) is 3.58. The van der Waals surface area contributed by atoms with Gasteiger partial charge in [0.1, 0.15) is 12.4 Å². The lowest BCUT2D eigenvalue weighted by molar-refractivity contribution is -0.122. The Labute approximate surface area is 106 Å². The van der Waals surface area contributed by atoms with Crippen LogP contribution in [0.3, 0.4) is 0 Å². The fourth-order valence-corrected chi connectivity index (χ4v) is 2.54. The summed E-state index contributed by atoms with van der Waals surface area (Å²) in [4.78, 5) is 11.7. The molecule has 1 aromatic heterocycles. The Morgan fingerprint density at radius 1 is 1.56 bits per heavy atom. The number of anilines is 1. The van der Waals surface area contributed by atoms with Crippen molar-refractivity contribution in [3.63, 3.8) is 0 Å². The predicted octanol–water partition coefficient (Wildman–Crippen LogP) is -0.00990. The van der Waals surface area contributed by atoms with Crippen LogP contribution in [0, 0.1) is 11.8 Å². The molecule has 1 aliphatic carbocycles. The fourth-order valence-electron chi connectivity index (χ4n) is 2.54. The second-order valence-electron chi connectivity index (χ2n) is 4.88. The second kappa shape index (κ2) is 5.86. The van der Waals surface area contributed by atoms with E-state index in [2.05, 4.69) is 10.4 Å². The maximum absolute atomic E-state index is 11.7. The van der Waals surface area contributed by atoms with Crippen molar-refractivity contribution in [2.75, 3.05) is 18.9 Å². The van der Waals surface area contributed by atoms with Crippen LogP contribution in [0.2, 0.25) is 0 Å². The Bertz CT molecular complexity index is 405. The van der Waals surface area contributed by atoms with Gasteiger partial charge in [-0.15, -0.1) is 0 Å². The first kappa shape index (κ1) is 12.9. The monoisotopic (exact) mass is 252 g/mol. The molecule has 0 aliphatic heterocycles. The lowest BCUT2D eigenvalue weighted by Gasteiger charge is -2.17. The van der Waals surface area contributed by atoms with E-state index in [1.54, 1.807) is 12.3 Å². The SMILES string of the molecule is Nc1ccn(CC(=O)NCC2CCCC2CO)n1. The first-order valence-corrected chi connectivity index (χ1v) is 6.35. The molecular weight excluding hydrogens is 232 g/mol. The van der Waals surface area contributed by atoms with Crippen LogP contribution < -0.4 is 11.1 Å². The van der Waals surface area contributed by atoms with E-state index in [1.807, 2.05) is 0 Å². The molecule has 100 valence electrons. The molecule has 1 saturated carbocycles. The number of nitrogen functional groups attached to an aromatic ring is 1. The summed E-state index contributed by atoms with van der Waals surface area (Å²) < 4.78 is 1.52. The van der Waals surface area contributed by atoms with Crippen molar-refractivity contribution in [2.24, 2.45) is 11.8 Å². The molecule has 2 rings (SSSR count). The fraction of sp³-hybridized carbons (Fsp3) is 0.667. The van der Waals surface area contributed by atoms with Crippen LogP contribution >= 0.6 is 0 Å². The van der Waals surface area contributed by atoms with Gasteiger partial charge in [-0.2, -0.15) is 5.10 Å². The van der Waals surface area contributed by atoms with Crippen molar-refractivity contribution >= 4 is 11.7 Å². The molecule has 6 nitrogen and oxygen atoms in total. The molecule has 0 bridgehead atoms. The van der Waals surface area contributed by atoms with Crippen molar-refractivity contribution < 1.29 is 9.90 Å². The Morgan fingerprint density at radius 3 is 3.00 bits per heavy atom. The third-order valence-electron chi connectivity index (χ3n) is 3.58. The second-order valence-corrected chi connectivity index (χ2v) is 4.88. The minimum absolute atomic E-state index is 0.0679. The largest absolute Gasteiger partial charge is 0.396 e. The summed E-state index contributed by atoms with van der Waals surface area (Å²) in [6, 6.07) is 1.66. The summed E-state index contributed by atoms with van der Waals surface area (Å²) in [5, 5.41) is 16.0. The quantitative estimate of drug-likeness (QED) is 0.687. The number of nitrogens with zero attached hydrogens (tertiary/aromatic N) is 2. The van der Waals surface area contributed by atoms with Gasteiger partial charge < -0.3 is 16.2 Å². The summed E-state index contributed by atoms with van der Waals surface area (Å²) in [6.45, 7) is 1.05. The number of aliphatic hydroxyl groups excluding tert-OH is 1. The van der Waals surface area contributed by atoms with Gasteiger partial charge in [-0.1, -0.05) is 6.42 Å². The standard InChI is InChI=1S/C12H20N4O2/c13-11-4-5-16(15-11)7-12(18)14-6-9-2-1-3-10(9)8-17/h4-5,9-10,17H,1-3,6-8H2,(H2,13,15)(H,14,18). The molecule has 1 aliphatic rings. The molecule has 0 radical (unpaired) electrons. The van der Waals surface area contributed by atoms with E-state index in [1.165, 1.54) is 4.68 Å². The number of hydrogen-bond acceptors (Lipinski definition) is 4. The zero-order valence-electron chi connectivity index (χ0n) is 10.4. The average Bonchev–Trinajstić information content (AvgIpc) is 2.95. The summed E-state index contributed by atoms with van der Waals surface area (Å²) in [5.41, 5.74) is 5.47. The predicted molar refractivity (Wildman–Crippen MR) is 67.6 cm³/mol. The van der Waals surface area contributed by atoms with Crippen LogP contribution in [0.1, 0.15) is 19.3 Å². The normalized spacial score (nSPS) is 23.2. The first-order chi connectivity index (χ1) is 8.69. The van der Waals surface area contributed by atoms with E-state index >= 15 is 0 Å². The van der Waals surface area contributed by atoms with Crippen molar-refractivity contribution in [1.82, 2.24) is 15.1 Å². The number of amides is 1. The van der Waals surface area contributed by atoms with Crippen molar-refractivity contribution in [2.45, 2.75) is 25.8 Å². The Morgan fingerprint density at radius 2 is 2.33 bits per heavy atom. The molecule has 0 aromatic carbocycles. The van der Waals surface area contributed by atoms with E-state index in [-0.39, 0.29) is 19.1 Å². The topological polar surface area (TPSA) is 93.2 Å². The molecule has 2 atom stereocenters. The molecule has 18 heavy (non-hydrogen) atoms. The van der Waals surface area contributed by atoms with Crippen LogP contribution in [0.5, 0.6) is 0 Å². The summed E-state index contributed by atoms with van der Waals surface area (Å²) in [7, 11) is 0. The smallest absolute Gasteiger partial charge is 0.241 e. The lowest BCUT2D eigenvalue weighted by Crippen LogP contribution is -2.34. The first-order valence-electron chi connectivity index (χ1n) is 6.35. The number of carbonyl (C=O) groups excluding carboxylic acids is 1. The van der Waals surface area contributed by atoms with Crippen molar-refractivity contribution in [3.8, 4) is 0 Å². The van der Waals surface area contributed by atoms with Gasteiger partial charge in [-0.25, -0.2) is 0 Å². The molecule has 1 fully saturated rings. The Balaban J connectivity index is 1.74. The summed E-state index contributed by atoms with van der Waals surface area (Å²) in [5.74, 6) is 1.09. The maximum atomic E-state index is 11.7. The van der Waals surface area contributed by atoms with Gasteiger partial charge in [-0.05, 0) is 30.7 Å². The number of rotatable bonds is 5. The van der Waals surface area contributed by atoms with Gasteiger partial charge in [0, 0.05) is 19.3 Å². The zero-order chi connectivity index (χ0) is 13.0. The minimum Gasteiger partial charge on any atom is -0.396 e. The molecule has 1 aromatic rings. The highest BCUT2D eigenvalue weighted by Crippen LogP contribution is 2.30. The highest BCUT2D eigenvalue weighted by molar-refractivity contribution is 5.75. The van der Waals surface area contributed by atoms with E-state index in [0.29, 0.717) is 24.2 Å². The molecule has 1 amide bonds. The van der Waals surface area contributed by atoms with E-state index in [0.717, 1.165) is 19.3 Å². The number of hydrogen-bond donors (Lipinski definition) is 3. The Hall–Kier alpha value is -1.56. The number of aliphatic hydroxyl groups is 1. The highest BCUT2D eigenvalue weighted by Gasteiger charge is 2.26. The molecule has 1 heterocycles. The minimum atomic E-state index is -0.0679. The van der Waals surface area contributed by atoms with Crippen molar-refractivity contribution in [3.05, 3.63) is 12.3 Å². The van der Waals surface area contributed by atoms with E-state index in [4.69, 9.17) is 5.73 Å². The molecule has 6 heteroatoms. The van der Waals surface area contributed by atoms with Gasteiger partial charge in [0.25, 0.3) is 0 Å². The van der Waals surface area contributed by atoms with E-state index < -0.39 is 0 Å². The van der Waals surface area contributed by atoms with Gasteiger partial charge in [0.2, 0.25) is 5.91 Å². The summed E-state index contributed by atoms with van der Waals surface area (Å²) >= 11 is 0. The molecule has 0 saturated heterocycles. The average molecular weight is 252 g/mol. The molecular formula is C12H20N4O2. The highest BCUT2D eigenvalue weighted by atomic mass is 16.3. The van der Waals surface area contributed by atoms with Crippen LogP contribution in [-0.4, -0.2) is 33.9 Å². The Kier molecular flexibility index (Phi) is 4.19. The van der Waals surface area contributed by atoms with Crippen molar-refractivity contribution in [1.29, 1.82) is 0 Å². The summed E-state index contributed by atoms with van der Waals surface area (Å²) in [6.07, 6.45) is 4.97. The molecule has 2 unspecified atom stereocenters. The third kappa shape index (κ3) is 3.22. The van der Waals surface area contributed by atoms with E-state index in [9.17, 15) is 9.90 Å². The number of aromatic nitrogens is 2. The van der Waals surface area contributed by atoms with Gasteiger partial charge >= 0.3 is 0 Å². The number of nitrogens with two attached hydrogens (primary N) is 1. The molecule has 0 spiro atoms. The van der Waals surface area contributed by atoms with Gasteiger partial charge in [0.05, 0.1) is 0 Å². The van der Waals surface area contributed by atoms with Gasteiger partial charge in [0.15, 0.2) is 0 Å². The zero-order valence-corrected chi connectivity index (χ0v) is 10.4. The molecule has 4 N–H and O–H groups in total. The van der Waals surface area contributed by atoms with Crippen LogP contribution in [0.4, 0.5) is 5.82 Å². The number of carbonyl (C=O) groups is 1. The lowest BCUT2D eigenvalue weighted by atomic mass is 9.97. The van der Waals surface area contributed by atoms with Crippen LogP contribution in [0.15, 0.2) is 12.3 Å². The van der Waals surface area contributed by atoms with Crippen LogP contribution in [0.25, 0.3) is 0 Å². The van der Waals surface area contributed by atoms with Crippen LogP contribution in [-0.2, 0) is 11.3 Å². The number of nitrogens with one attached hydrogen (secondary N) is 1. The van der Waals surface area contributed by atoms with Gasteiger partial charge in [-0.3, -0.25) is 9.48 Å². The maximum Gasteiger partial charge on any atom is 0.241 e.